The predicted molar refractivity (Wildman–Crippen MR) is 101 cm³/mol. The van der Waals surface area contributed by atoms with Gasteiger partial charge in [0.15, 0.2) is 0 Å². The first-order chi connectivity index (χ1) is 13.7. The fourth-order valence-corrected chi connectivity index (χ4v) is 2.73. The highest BCUT2D eigenvalue weighted by molar-refractivity contribution is 6.30. The number of alkyl halides is 2. The van der Waals surface area contributed by atoms with Crippen LogP contribution >= 0.6 is 11.6 Å². The molecule has 0 aliphatic heterocycles. The molecule has 2 aromatic heterocycles. The zero-order valence-electron chi connectivity index (χ0n) is 15.4. The molecule has 0 saturated carbocycles. The van der Waals surface area contributed by atoms with Gasteiger partial charge in [0.25, 0.3) is 12.3 Å². The van der Waals surface area contributed by atoms with Crippen LogP contribution in [0.4, 0.5) is 8.78 Å². The second-order valence-corrected chi connectivity index (χ2v) is 6.78. The Bertz CT molecular complexity index is 1010. The minimum absolute atomic E-state index is 0.0667. The molecule has 7 nitrogen and oxygen atoms in total. The molecule has 1 aromatic carbocycles. The maximum atomic E-state index is 13.1. The maximum absolute atomic E-state index is 13.1. The van der Waals surface area contributed by atoms with Crippen molar-refractivity contribution in [1.82, 2.24) is 20.5 Å². The number of aliphatic hydroxyl groups is 1. The third-order valence-electron chi connectivity index (χ3n) is 4.08. The minimum Gasteiger partial charge on any atom is -0.423 e. The van der Waals surface area contributed by atoms with E-state index in [0.717, 1.165) is 0 Å². The number of pyridine rings is 1. The lowest BCUT2D eigenvalue weighted by atomic mass is 9.99. The SMILES string of the molecule is Cc1nnc([C@@H](C)NC(=O)c2cc(-c3ccc(Cl)cn3)cc(C(O)C(F)F)c2)o1. The average Bonchev–Trinajstić information content (AvgIpc) is 3.14. The van der Waals surface area contributed by atoms with Crippen LogP contribution in [0.5, 0.6) is 0 Å². The molecule has 0 radical (unpaired) electrons. The van der Waals surface area contributed by atoms with Gasteiger partial charge in [0.1, 0.15) is 12.1 Å². The molecule has 2 atom stereocenters. The molecular weight excluding hydrogens is 406 g/mol. The Labute approximate surface area is 169 Å². The number of benzene rings is 1. The monoisotopic (exact) mass is 422 g/mol. The maximum Gasteiger partial charge on any atom is 0.268 e. The van der Waals surface area contributed by atoms with Crippen LogP contribution in [0, 0.1) is 6.92 Å². The van der Waals surface area contributed by atoms with Crippen LogP contribution in [0.1, 0.15) is 46.8 Å². The first-order valence-electron chi connectivity index (χ1n) is 8.58. The van der Waals surface area contributed by atoms with Crippen LogP contribution in [-0.4, -0.2) is 32.6 Å². The van der Waals surface area contributed by atoms with E-state index in [9.17, 15) is 18.7 Å². The van der Waals surface area contributed by atoms with E-state index in [2.05, 4.69) is 20.5 Å². The van der Waals surface area contributed by atoms with Crippen LogP contribution in [0.25, 0.3) is 11.3 Å². The Balaban J connectivity index is 1.95. The number of nitrogens with one attached hydrogen (secondary N) is 1. The van der Waals surface area contributed by atoms with E-state index in [-0.39, 0.29) is 17.0 Å². The first-order valence-corrected chi connectivity index (χ1v) is 8.96. The van der Waals surface area contributed by atoms with Gasteiger partial charge in [-0.05, 0) is 42.8 Å². The van der Waals surface area contributed by atoms with Crippen molar-refractivity contribution in [3.63, 3.8) is 0 Å². The van der Waals surface area contributed by atoms with E-state index in [1.807, 2.05) is 0 Å². The molecule has 0 aliphatic carbocycles. The number of hydrogen-bond acceptors (Lipinski definition) is 6. The predicted octanol–water partition coefficient (Wildman–Crippen LogP) is 3.88. The number of halogens is 3. The van der Waals surface area contributed by atoms with Gasteiger partial charge >= 0.3 is 0 Å². The summed E-state index contributed by atoms with van der Waals surface area (Å²) >= 11 is 5.84. The minimum atomic E-state index is -3.01. The van der Waals surface area contributed by atoms with Crippen molar-refractivity contribution in [3.8, 4) is 11.3 Å². The van der Waals surface area contributed by atoms with Crippen molar-refractivity contribution in [2.24, 2.45) is 0 Å². The van der Waals surface area contributed by atoms with E-state index >= 15 is 0 Å². The van der Waals surface area contributed by atoms with Crippen LogP contribution < -0.4 is 5.32 Å². The molecule has 1 unspecified atom stereocenters. The standard InChI is InChI=1S/C19H17ClF2N4O3/c1-9(19-26-25-10(2)29-19)24-18(28)13-6-11(15-4-3-14(20)8-23-15)5-12(7-13)16(27)17(21)22/h3-9,16-17,27H,1-2H3,(H,24,28)/t9-,16?/m1/s1. The van der Waals surface area contributed by atoms with Crippen LogP contribution in [0.2, 0.25) is 5.02 Å². The normalized spacial score (nSPS) is 13.3. The second kappa shape index (κ2) is 8.62. The van der Waals surface area contributed by atoms with Crippen molar-refractivity contribution in [3.05, 3.63) is 64.5 Å². The summed E-state index contributed by atoms with van der Waals surface area (Å²) in [6.45, 7) is 3.26. The number of nitrogens with zero attached hydrogens (tertiary/aromatic N) is 3. The molecule has 0 aliphatic rings. The van der Waals surface area contributed by atoms with Gasteiger partial charge in [0.2, 0.25) is 11.8 Å². The lowest BCUT2D eigenvalue weighted by Crippen LogP contribution is -2.27. The Morgan fingerprint density at radius 1 is 1.24 bits per heavy atom. The number of aromatic nitrogens is 3. The fourth-order valence-electron chi connectivity index (χ4n) is 2.62. The summed E-state index contributed by atoms with van der Waals surface area (Å²) in [6.07, 6.45) is -3.67. The topological polar surface area (TPSA) is 101 Å². The molecule has 3 aromatic rings. The van der Waals surface area contributed by atoms with Gasteiger partial charge in [0.05, 0.1) is 10.7 Å². The number of carbonyl (C=O) groups excluding carboxylic acids is 1. The Morgan fingerprint density at radius 3 is 2.59 bits per heavy atom. The van der Waals surface area contributed by atoms with Crippen molar-refractivity contribution in [1.29, 1.82) is 0 Å². The van der Waals surface area contributed by atoms with Gasteiger partial charge in [-0.1, -0.05) is 11.6 Å². The Morgan fingerprint density at radius 2 is 2.00 bits per heavy atom. The smallest absolute Gasteiger partial charge is 0.268 e. The van der Waals surface area contributed by atoms with Gasteiger partial charge < -0.3 is 14.8 Å². The molecule has 2 heterocycles. The van der Waals surface area contributed by atoms with Gasteiger partial charge in [-0.3, -0.25) is 9.78 Å². The summed E-state index contributed by atoms with van der Waals surface area (Å²) in [4.78, 5) is 16.8. The van der Waals surface area contributed by atoms with Crippen molar-refractivity contribution in [2.45, 2.75) is 32.4 Å². The molecule has 0 saturated heterocycles. The summed E-state index contributed by atoms with van der Waals surface area (Å²) in [5.74, 6) is -0.00894. The van der Waals surface area contributed by atoms with Crippen LogP contribution in [-0.2, 0) is 0 Å². The quantitative estimate of drug-likeness (QED) is 0.625. The third-order valence-corrected chi connectivity index (χ3v) is 4.30. The zero-order valence-corrected chi connectivity index (χ0v) is 16.2. The van der Waals surface area contributed by atoms with Crippen molar-refractivity contribution in [2.75, 3.05) is 0 Å². The first kappa shape index (κ1) is 20.8. The van der Waals surface area contributed by atoms with E-state index < -0.39 is 24.5 Å². The average molecular weight is 423 g/mol. The second-order valence-electron chi connectivity index (χ2n) is 6.34. The van der Waals surface area contributed by atoms with E-state index in [0.29, 0.717) is 22.2 Å². The molecular formula is C19H17ClF2N4O3. The Hall–Kier alpha value is -2.91. The van der Waals surface area contributed by atoms with Gasteiger partial charge in [-0.2, -0.15) is 0 Å². The number of aliphatic hydroxyl groups excluding tert-OH is 1. The van der Waals surface area contributed by atoms with Crippen molar-refractivity contribution >= 4 is 17.5 Å². The highest BCUT2D eigenvalue weighted by atomic mass is 35.5. The van der Waals surface area contributed by atoms with Gasteiger partial charge in [-0.25, -0.2) is 8.78 Å². The number of amides is 1. The van der Waals surface area contributed by atoms with E-state index in [1.165, 1.54) is 24.4 Å². The summed E-state index contributed by atoms with van der Waals surface area (Å²) in [5, 5.41) is 20.4. The highest BCUT2D eigenvalue weighted by Crippen LogP contribution is 2.28. The summed E-state index contributed by atoms with van der Waals surface area (Å²) < 4.78 is 31.4. The third kappa shape index (κ3) is 4.93. The summed E-state index contributed by atoms with van der Waals surface area (Å²) in [7, 11) is 0. The molecule has 29 heavy (non-hydrogen) atoms. The van der Waals surface area contributed by atoms with Gasteiger partial charge in [0, 0.05) is 24.2 Å². The van der Waals surface area contributed by atoms with E-state index in [1.54, 1.807) is 26.0 Å². The molecule has 0 fully saturated rings. The number of hydrogen-bond donors (Lipinski definition) is 2. The molecule has 10 heteroatoms. The van der Waals surface area contributed by atoms with Crippen LogP contribution in [0.3, 0.4) is 0 Å². The lowest BCUT2D eigenvalue weighted by molar-refractivity contribution is -0.00579. The summed E-state index contributed by atoms with van der Waals surface area (Å²) in [5.41, 5.74) is 0.746. The molecule has 3 rings (SSSR count). The summed E-state index contributed by atoms with van der Waals surface area (Å²) in [6, 6.07) is 6.61. The molecule has 1 amide bonds. The van der Waals surface area contributed by atoms with Crippen LogP contribution in [0.15, 0.2) is 40.9 Å². The van der Waals surface area contributed by atoms with E-state index in [4.69, 9.17) is 16.0 Å². The highest BCUT2D eigenvalue weighted by Gasteiger charge is 2.23. The fraction of sp³-hybridized carbons (Fsp3) is 0.263. The molecule has 0 spiro atoms. The molecule has 2 N–H and O–H groups in total. The number of carbonyl (C=O) groups is 1. The van der Waals surface area contributed by atoms with Gasteiger partial charge in [-0.15, -0.1) is 10.2 Å². The zero-order chi connectivity index (χ0) is 21.1. The molecule has 152 valence electrons. The number of aryl methyl sites for hydroxylation is 1. The Kier molecular flexibility index (Phi) is 6.19. The number of rotatable bonds is 6. The molecule has 0 bridgehead atoms. The largest absolute Gasteiger partial charge is 0.423 e. The lowest BCUT2D eigenvalue weighted by Gasteiger charge is -2.15. The van der Waals surface area contributed by atoms with Crippen molar-refractivity contribution < 1.29 is 23.1 Å².